The number of nitrogens with one attached hydrogen (secondary N) is 1. The molecule has 108 valence electrons. The fourth-order valence-corrected chi connectivity index (χ4v) is 1.91. The number of rotatable bonds is 5. The summed E-state index contributed by atoms with van der Waals surface area (Å²) in [6, 6.07) is 16.7. The highest BCUT2D eigenvalue weighted by atomic mass is 35.5. The number of halogens is 1. The van der Waals surface area contributed by atoms with Gasteiger partial charge in [0.15, 0.2) is 0 Å². The number of carbonyl (C=O) groups excluding carboxylic acids is 1. The van der Waals surface area contributed by atoms with Gasteiger partial charge in [-0.05, 0) is 36.8 Å². The predicted molar refractivity (Wildman–Crippen MR) is 86.1 cm³/mol. The second-order valence-electron chi connectivity index (χ2n) is 4.30. The van der Waals surface area contributed by atoms with Crippen molar-refractivity contribution in [1.29, 1.82) is 0 Å². The number of para-hydroxylation sites is 1. The molecule has 2 rings (SSSR count). The summed E-state index contributed by atoms with van der Waals surface area (Å²) in [5.41, 5.74) is 2.10. The Morgan fingerprint density at radius 2 is 1.81 bits per heavy atom. The molecule has 0 spiro atoms. The summed E-state index contributed by atoms with van der Waals surface area (Å²) in [7, 11) is 0. The van der Waals surface area contributed by atoms with Gasteiger partial charge in [-0.15, -0.1) is 0 Å². The van der Waals surface area contributed by atoms with Crippen LogP contribution in [0.2, 0.25) is 5.02 Å². The molecule has 0 saturated carbocycles. The van der Waals surface area contributed by atoms with Crippen LogP contribution in [-0.2, 0) is 9.53 Å². The van der Waals surface area contributed by atoms with Crippen molar-refractivity contribution in [2.75, 3.05) is 11.9 Å². The second-order valence-corrected chi connectivity index (χ2v) is 4.73. The van der Waals surface area contributed by atoms with Gasteiger partial charge in [-0.3, -0.25) is 0 Å². The molecule has 0 aromatic heterocycles. The standard InChI is InChI=1S/C17H16ClNO2/c1-2-21-17(20)16(13-8-10-14(18)11-9-13)12-19-15-6-4-3-5-7-15/h3-12,19H,2H2,1H3/b16-12-. The van der Waals surface area contributed by atoms with Gasteiger partial charge in [0.2, 0.25) is 0 Å². The quantitative estimate of drug-likeness (QED) is 0.659. The van der Waals surface area contributed by atoms with Gasteiger partial charge >= 0.3 is 5.97 Å². The molecule has 2 aromatic carbocycles. The maximum atomic E-state index is 12.1. The van der Waals surface area contributed by atoms with Crippen molar-refractivity contribution in [2.45, 2.75) is 6.92 Å². The zero-order valence-corrected chi connectivity index (χ0v) is 12.4. The maximum Gasteiger partial charge on any atom is 0.340 e. The molecular weight excluding hydrogens is 286 g/mol. The van der Waals surface area contributed by atoms with E-state index in [1.165, 1.54) is 0 Å². The second kappa shape index (κ2) is 7.50. The van der Waals surface area contributed by atoms with Crippen molar-refractivity contribution < 1.29 is 9.53 Å². The van der Waals surface area contributed by atoms with E-state index in [0.717, 1.165) is 11.3 Å². The molecule has 21 heavy (non-hydrogen) atoms. The molecule has 0 aliphatic rings. The molecule has 0 fully saturated rings. The number of ether oxygens (including phenoxy) is 1. The number of hydrogen-bond acceptors (Lipinski definition) is 3. The van der Waals surface area contributed by atoms with Gasteiger partial charge < -0.3 is 10.1 Å². The Bertz CT molecular complexity index is 621. The lowest BCUT2D eigenvalue weighted by molar-refractivity contribution is -0.136. The van der Waals surface area contributed by atoms with Crippen LogP contribution in [0.4, 0.5) is 5.69 Å². The Labute approximate surface area is 129 Å². The van der Waals surface area contributed by atoms with Crippen molar-refractivity contribution in [3.63, 3.8) is 0 Å². The van der Waals surface area contributed by atoms with Gasteiger partial charge in [0.1, 0.15) is 0 Å². The lowest BCUT2D eigenvalue weighted by atomic mass is 10.1. The third-order valence-corrected chi connectivity index (χ3v) is 3.06. The first-order valence-electron chi connectivity index (χ1n) is 6.65. The van der Waals surface area contributed by atoms with E-state index in [0.29, 0.717) is 17.2 Å². The summed E-state index contributed by atoms with van der Waals surface area (Å²) < 4.78 is 5.10. The molecule has 0 radical (unpaired) electrons. The highest BCUT2D eigenvalue weighted by Crippen LogP contribution is 2.19. The van der Waals surface area contributed by atoms with E-state index in [9.17, 15) is 4.79 Å². The molecular formula is C17H16ClNO2. The molecule has 2 aromatic rings. The zero-order valence-electron chi connectivity index (χ0n) is 11.7. The third kappa shape index (κ3) is 4.36. The maximum absolute atomic E-state index is 12.1. The minimum atomic E-state index is -0.372. The number of benzene rings is 2. The van der Waals surface area contributed by atoms with Crippen LogP contribution in [0.25, 0.3) is 5.57 Å². The van der Waals surface area contributed by atoms with Gasteiger partial charge in [-0.25, -0.2) is 4.79 Å². The Balaban J connectivity index is 2.27. The third-order valence-electron chi connectivity index (χ3n) is 2.81. The Hall–Kier alpha value is -2.26. The van der Waals surface area contributed by atoms with E-state index in [2.05, 4.69) is 5.32 Å². The molecule has 0 saturated heterocycles. The van der Waals surface area contributed by atoms with E-state index < -0.39 is 0 Å². The summed E-state index contributed by atoms with van der Waals surface area (Å²) in [4.78, 5) is 12.1. The van der Waals surface area contributed by atoms with Crippen LogP contribution in [0.1, 0.15) is 12.5 Å². The van der Waals surface area contributed by atoms with E-state index in [4.69, 9.17) is 16.3 Å². The summed E-state index contributed by atoms with van der Waals surface area (Å²) in [6.07, 6.45) is 1.65. The molecule has 0 aliphatic carbocycles. The number of hydrogen-bond donors (Lipinski definition) is 1. The largest absolute Gasteiger partial charge is 0.462 e. The molecule has 4 heteroatoms. The summed E-state index contributed by atoms with van der Waals surface area (Å²) in [6.45, 7) is 2.11. The van der Waals surface area contributed by atoms with E-state index >= 15 is 0 Å². The van der Waals surface area contributed by atoms with Crippen LogP contribution in [0, 0.1) is 0 Å². The normalized spacial score (nSPS) is 11.0. The monoisotopic (exact) mass is 301 g/mol. The van der Waals surface area contributed by atoms with Crippen LogP contribution < -0.4 is 5.32 Å². The van der Waals surface area contributed by atoms with Crippen LogP contribution in [0.15, 0.2) is 60.8 Å². The summed E-state index contributed by atoms with van der Waals surface area (Å²) in [5.74, 6) is -0.372. The first-order valence-corrected chi connectivity index (χ1v) is 7.03. The zero-order chi connectivity index (χ0) is 15.1. The lowest BCUT2D eigenvalue weighted by Crippen LogP contribution is -2.08. The molecule has 0 heterocycles. The first kappa shape index (κ1) is 15.1. The molecule has 1 N–H and O–H groups in total. The Morgan fingerprint density at radius 1 is 1.14 bits per heavy atom. The number of anilines is 1. The predicted octanol–water partition coefficient (Wildman–Crippen LogP) is 4.36. The SMILES string of the molecule is CCOC(=O)/C(=C\Nc1ccccc1)c1ccc(Cl)cc1. The average Bonchev–Trinajstić information content (AvgIpc) is 2.50. The van der Waals surface area contributed by atoms with Crippen LogP contribution in [0.5, 0.6) is 0 Å². The smallest absolute Gasteiger partial charge is 0.340 e. The molecule has 0 unspecified atom stereocenters. The van der Waals surface area contributed by atoms with Gasteiger partial charge in [0.25, 0.3) is 0 Å². The van der Waals surface area contributed by atoms with Crippen molar-refractivity contribution in [3.05, 3.63) is 71.4 Å². The van der Waals surface area contributed by atoms with Crippen molar-refractivity contribution in [1.82, 2.24) is 0 Å². The first-order chi connectivity index (χ1) is 10.2. The highest BCUT2D eigenvalue weighted by molar-refractivity contribution is 6.30. The van der Waals surface area contributed by atoms with E-state index in [1.807, 2.05) is 30.3 Å². The molecule has 0 amide bonds. The van der Waals surface area contributed by atoms with Crippen LogP contribution in [0.3, 0.4) is 0 Å². The fourth-order valence-electron chi connectivity index (χ4n) is 1.79. The number of carbonyl (C=O) groups is 1. The van der Waals surface area contributed by atoms with Crippen molar-refractivity contribution in [2.24, 2.45) is 0 Å². The van der Waals surface area contributed by atoms with Crippen LogP contribution >= 0.6 is 11.6 Å². The van der Waals surface area contributed by atoms with E-state index in [-0.39, 0.29) is 5.97 Å². The van der Waals surface area contributed by atoms with Gasteiger partial charge in [0, 0.05) is 16.9 Å². The van der Waals surface area contributed by atoms with E-state index in [1.54, 1.807) is 37.4 Å². The van der Waals surface area contributed by atoms with Gasteiger partial charge in [-0.2, -0.15) is 0 Å². The fraction of sp³-hybridized carbons (Fsp3) is 0.118. The summed E-state index contributed by atoms with van der Waals surface area (Å²) in [5, 5.41) is 3.72. The van der Waals surface area contributed by atoms with Crippen molar-refractivity contribution in [3.8, 4) is 0 Å². The Kier molecular flexibility index (Phi) is 5.41. The molecule has 0 atom stereocenters. The topological polar surface area (TPSA) is 38.3 Å². The van der Waals surface area contributed by atoms with Gasteiger partial charge in [0.05, 0.1) is 12.2 Å². The molecule has 3 nitrogen and oxygen atoms in total. The summed E-state index contributed by atoms with van der Waals surface area (Å²) >= 11 is 5.88. The minimum absolute atomic E-state index is 0.328. The number of esters is 1. The van der Waals surface area contributed by atoms with Gasteiger partial charge in [-0.1, -0.05) is 41.9 Å². The Morgan fingerprint density at radius 3 is 2.43 bits per heavy atom. The lowest BCUT2D eigenvalue weighted by Gasteiger charge is -2.09. The highest BCUT2D eigenvalue weighted by Gasteiger charge is 2.13. The van der Waals surface area contributed by atoms with Crippen LogP contribution in [-0.4, -0.2) is 12.6 Å². The minimum Gasteiger partial charge on any atom is -0.462 e. The van der Waals surface area contributed by atoms with Crippen molar-refractivity contribution >= 4 is 28.8 Å². The average molecular weight is 302 g/mol. The molecule has 0 aliphatic heterocycles. The molecule has 0 bridgehead atoms.